The molecule has 0 aliphatic heterocycles. The monoisotopic (exact) mass is 228 g/mol. The predicted octanol–water partition coefficient (Wildman–Crippen LogP) is 2.52. The van der Waals surface area contributed by atoms with Crippen LogP contribution in [0.2, 0.25) is 10.0 Å². The van der Waals surface area contributed by atoms with Crippen LogP contribution in [0.15, 0.2) is 18.2 Å². The van der Waals surface area contributed by atoms with Crippen LogP contribution in [0.4, 0.5) is 0 Å². The van der Waals surface area contributed by atoms with E-state index in [-0.39, 0.29) is 6.04 Å². The van der Waals surface area contributed by atoms with Crippen LogP contribution in [-0.2, 0) is 0 Å². The first-order valence-electron chi connectivity index (χ1n) is 4.03. The minimum atomic E-state index is -0.134. The van der Waals surface area contributed by atoms with Gasteiger partial charge in [-0.3, -0.25) is 11.3 Å². The van der Waals surface area contributed by atoms with Crippen molar-refractivity contribution in [3.8, 4) is 12.3 Å². The molecule has 0 aromatic heterocycles. The Balaban J connectivity index is 2.99. The smallest absolute Gasteiger partial charge is 0.0583 e. The van der Waals surface area contributed by atoms with Gasteiger partial charge in [0.15, 0.2) is 0 Å². The van der Waals surface area contributed by atoms with E-state index in [4.69, 9.17) is 35.5 Å². The van der Waals surface area contributed by atoms with Gasteiger partial charge in [0.05, 0.1) is 6.04 Å². The van der Waals surface area contributed by atoms with Crippen LogP contribution >= 0.6 is 23.2 Å². The average molecular weight is 229 g/mol. The zero-order valence-corrected chi connectivity index (χ0v) is 8.94. The molecule has 0 heterocycles. The highest BCUT2D eigenvalue weighted by molar-refractivity contribution is 6.35. The Morgan fingerprint density at radius 1 is 1.50 bits per heavy atom. The van der Waals surface area contributed by atoms with E-state index in [1.807, 2.05) is 6.07 Å². The SMILES string of the molecule is C#CCC(NN)c1ccc(Cl)cc1Cl. The van der Waals surface area contributed by atoms with E-state index in [1.54, 1.807) is 12.1 Å². The van der Waals surface area contributed by atoms with E-state index in [0.29, 0.717) is 16.5 Å². The summed E-state index contributed by atoms with van der Waals surface area (Å²) >= 11 is 11.8. The number of rotatable bonds is 3. The second-order valence-corrected chi connectivity index (χ2v) is 3.64. The van der Waals surface area contributed by atoms with Crippen LogP contribution < -0.4 is 11.3 Å². The van der Waals surface area contributed by atoms with Gasteiger partial charge < -0.3 is 0 Å². The molecule has 0 aliphatic rings. The minimum Gasteiger partial charge on any atom is -0.271 e. The molecule has 14 heavy (non-hydrogen) atoms. The van der Waals surface area contributed by atoms with Crippen molar-refractivity contribution in [2.45, 2.75) is 12.5 Å². The second-order valence-electron chi connectivity index (χ2n) is 2.79. The molecule has 1 aromatic carbocycles. The first kappa shape index (κ1) is 11.4. The number of hydrogen-bond donors (Lipinski definition) is 2. The van der Waals surface area contributed by atoms with Crippen molar-refractivity contribution in [2.24, 2.45) is 5.84 Å². The van der Waals surface area contributed by atoms with E-state index in [1.165, 1.54) is 0 Å². The van der Waals surface area contributed by atoms with E-state index < -0.39 is 0 Å². The molecule has 0 saturated carbocycles. The lowest BCUT2D eigenvalue weighted by Gasteiger charge is -2.14. The second kappa shape index (κ2) is 5.23. The van der Waals surface area contributed by atoms with E-state index in [2.05, 4.69) is 11.3 Å². The maximum absolute atomic E-state index is 5.99. The van der Waals surface area contributed by atoms with Gasteiger partial charge in [0.1, 0.15) is 0 Å². The Morgan fingerprint density at radius 2 is 2.21 bits per heavy atom. The van der Waals surface area contributed by atoms with Crippen molar-refractivity contribution < 1.29 is 0 Å². The van der Waals surface area contributed by atoms with Gasteiger partial charge in [-0.05, 0) is 17.7 Å². The fraction of sp³-hybridized carbons (Fsp3) is 0.200. The molecule has 0 saturated heterocycles. The summed E-state index contributed by atoms with van der Waals surface area (Å²) < 4.78 is 0. The van der Waals surface area contributed by atoms with Crippen molar-refractivity contribution in [1.29, 1.82) is 0 Å². The Morgan fingerprint density at radius 3 is 2.71 bits per heavy atom. The van der Waals surface area contributed by atoms with E-state index >= 15 is 0 Å². The summed E-state index contributed by atoms with van der Waals surface area (Å²) in [6.07, 6.45) is 5.69. The molecule has 0 amide bonds. The highest BCUT2D eigenvalue weighted by Gasteiger charge is 2.11. The molecule has 0 radical (unpaired) electrons. The summed E-state index contributed by atoms with van der Waals surface area (Å²) in [6, 6.07) is 5.10. The third-order valence-electron chi connectivity index (χ3n) is 1.86. The summed E-state index contributed by atoms with van der Waals surface area (Å²) in [6.45, 7) is 0. The topological polar surface area (TPSA) is 38.0 Å². The van der Waals surface area contributed by atoms with Gasteiger partial charge in [0.25, 0.3) is 0 Å². The lowest BCUT2D eigenvalue weighted by atomic mass is 10.1. The summed E-state index contributed by atoms with van der Waals surface area (Å²) in [5.41, 5.74) is 3.47. The van der Waals surface area contributed by atoms with E-state index in [9.17, 15) is 0 Å². The molecular weight excluding hydrogens is 219 g/mol. The molecule has 1 aromatic rings. The first-order valence-corrected chi connectivity index (χ1v) is 4.79. The lowest BCUT2D eigenvalue weighted by Crippen LogP contribution is -2.27. The zero-order chi connectivity index (χ0) is 10.6. The number of nitrogens with two attached hydrogens (primary N) is 1. The first-order chi connectivity index (χ1) is 6.69. The molecule has 1 rings (SSSR count). The van der Waals surface area contributed by atoms with Gasteiger partial charge in [-0.25, -0.2) is 0 Å². The standard InChI is InChI=1S/C10H10Cl2N2/c1-2-3-10(14-13)8-5-4-7(11)6-9(8)12/h1,4-6,10,14H,3,13H2. The van der Waals surface area contributed by atoms with Gasteiger partial charge >= 0.3 is 0 Å². The molecule has 4 heteroatoms. The number of hydrogen-bond acceptors (Lipinski definition) is 2. The third kappa shape index (κ3) is 2.63. The van der Waals surface area contributed by atoms with Crippen LogP contribution in [0.25, 0.3) is 0 Å². The van der Waals surface area contributed by atoms with Crippen molar-refractivity contribution >= 4 is 23.2 Å². The molecule has 0 aliphatic carbocycles. The van der Waals surface area contributed by atoms with Gasteiger partial charge in [0, 0.05) is 16.5 Å². The van der Waals surface area contributed by atoms with Crippen LogP contribution in [-0.4, -0.2) is 0 Å². The third-order valence-corrected chi connectivity index (χ3v) is 2.42. The minimum absolute atomic E-state index is 0.134. The van der Waals surface area contributed by atoms with Crippen LogP contribution in [0.5, 0.6) is 0 Å². The predicted molar refractivity (Wildman–Crippen MR) is 60.0 cm³/mol. The van der Waals surface area contributed by atoms with Crippen molar-refractivity contribution in [3.63, 3.8) is 0 Å². The highest BCUT2D eigenvalue weighted by atomic mass is 35.5. The number of hydrazine groups is 1. The average Bonchev–Trinajstić information content (AvgIpc) is 2.15. The van der Waals surface area contributed by atoms with Gasteiger partial charge in [0.2, 0.25) is 0 Å². The summed E-state index contributed by atoms with van der Waals surface area (Å²) in [4.78, 5) is 0. The maximum atomic E-state index is 5.99. The molecule has 0 fully saturated rings. The quantitative estimate of drug-likeness (QED) is 0.474. The van der Waals surface area contributed by atoms with Crippen LogP contribution in [0.1, 0.15) is 18.0 Å². The molecule has 74 valence electrons. The largest absolute Gasteiger partial charge is 0.271 e. The molecule has 3 N–H and O–H groups in total. The summed E-state index contributed by atoms with van der Waals surface area (Å²) in [5.74, 6) is 7.89. The molecule has 1 atom stereocenters. The van der Waals surface area contributed by atoms with Gasteiger partial charge in [-0.15, -0.1) is 12.3 Å². The summed E-state index contributed by atoms with van der Waals surface area (Å²) in [5, 5.41) is 1.16. The van der Waals surface area contributed by atoms with Crippen molar-refractivity contribution in [1.82, 2.24) is 5.43 Å². The Labute approximate surface area is 93.4 Å². The summed E-state index contributed by atoms with van der Waals surface area (Å²) in [7, 11) is 0. The van der Waals surface area contributed by atoms with Crippen molar-refractivity contribution in [2.75, 3.05) is 0 Å². The molecular formula is C10H10Cl2N2. The lowest BCUT2D eigenvalue weighted by molar-refractivity contribution is 0.568. The Bertz CT molecular complexity index is 358. The highest BCUT2D eigenvalue weighted by Crippen LogP contribution is 2.27. The molecule has 0 bridgehead atoms. The molecule has 0 spiro atoms. The fourth-order valence-corrected chi connectivity index (χ4v) is 1.70. The number of benzene rings is 1. The molecule has 2 nitrogen and oxygen atoms in total. The molecule has 1 unspecified atom stereocenters. The van der Waals surface area contributed by atoms with Gasteiger partial charge in [-0.1, -0.05) is 29.3 Å². The number of nitrogens with one attached hydrogen (secondary N) is 1. The Kier molecular flexibility index (Phi) is 4.24. The fourth-order valence-electron chi connectivity index (χ4n) is 1.16. The normalized spacial score (nSPS) is 12.1. The zero-order valence-electron chi connectivity index (χ0n) is 7.43. The van der Waals surface area contributed by atoms with Gasteiger partial charge in [-0.2, -0.15) is 0 Å². The number of halogens is 2. The Hall–Kier alpha value is -0.720. The van der Waals surface area contributed by atoms with E-state index in [0.717, 1.165) is 5.56 Å². The van der Waals surface area contributed by atoms with Crippen molar-refractivity contribution in [3.05, 3.63) is 33.8 Å². The van der Waals surface area contributed by atoms with Crippen LogP contribution in [0, 0.1) is 12.3 Å². The number of terminal acetylenes is 1. The van der Waals surface area contributed by atoms with Crippen LogP contribution in [0.3, 0.4) is 0 Å². The maximum Gasteiger partial charge on any atom is 0.0583 e.